The first-order chi connectivity index (χ1) is 11.5. The Kier molecular flexibility index (Phi) is 4.78. The molecule has 1 amide bonds. The average molecular weight is 358 g/mol. The molecule has 0 radical (unpaired) electrons. The number of carbonyl (C=O) groups is 1. The van der Waals surface area contributed by atoms with Crippen molar-refractivity contribution < 1.29 is 4.79 Å². The summed E-state index contributed by atoms with van der Waals surface area (Å²) in [5, 5.41) is 4.90. The van der Waals surface area contributed by atoms with E-state index in [0.717, 1.165) is 31.8 Å². The quantitative estimate of drug-likeness (QED) is 0.751. The molecule has 24 heavy (non-hydrogen) atoms. The first kappa shape index (κ1) is 16.8. The Morgan fingerprint density at radius 1 is 1.04 bits per heavy atom. The fourth-order valence-corrected chi connectivity index (χ4v) is 4.43. The van der Waals surface area contributed by atoms with Gasteiger partial charge in [0.15, 0.2) is 0 Å². The number of benzene rings is 1. The molecule has 0 bridgehead atoms. The number of hydrogen-bond acceptors (Lipinski definition) is 5. The van der Waals surface area contributed by atoms with Gasteiger partial charge in [0.05, 0.1) is 22.9 Å². The van der Waals surface area contributed by atoms with Crippen LogP contribution in [0.3, 0.4) is 0 Å². The molecule has 0 aliphatic rings. The summed E-state index contributed by atoms with van der Waals surface area (Å²) in [6.45, 7) is 8.35. The highest BCUT2D eigenvalue weighted by atomic mass is 32.1. The van der Waals surface area contributed by atoms with Gasteiger partial charge in [-0.15, -0.1) is 22.7 Å². The molecule has 4 nitrogen and oxygen atoms in total. The number of nitrogens with zero attached hydrogens (tertiary/aromatic N) is 2. The fraction of sp³-hybridized carbons (Fsp3) is 0.278. The lowest BCUT2D eigenvalue weighted by molar-refractivity contribution is 0.0954. The van der Waals surface area contributed by atoms with E-state index in [1.165, 1.54) is 16.9 Å². The molecule has 0 atom stereocenters. The van der Waals surface area contributed by atoms with E-state index in [-0.39, 0.29) is 5.91 Å². The second-order valence-corrected chi connectivity index (χ2v) is 7.96. The van der Waals surface area contributed by atoms with Gasteiger partial charge in [0, 0.05) is 10.4 Å². The molecule has 124 valence electrons. The monoisotopic (exact) mass is 357 g/mol. The zero-order valence-electron chi connectivity index (χ0n) is 14.1. The van der Waals surface area contributed by atoms with Gasteiger partial charge in [0.25, 0.3) is 5.91 Å². The third-order valence-corrected chi connectivity index (χ3v) is 6.05. The minimum atomic E-state index is -0.0664. The molecule has 0 saturated carbocycles. The maximum Gasteiger partial charge on any atom is 0.263 e. The summed E-state index contributed by atoms with van der Waals surface area (Å²) in [5.41, 5.74) is 4.11. The van der Waals surface area contributed by atoms with Crippen LogP contribution in [0.4, 0.5) is 0 Å². The van der Waals surface area contributed by atoms with Gasteiger partial charge < -0.3 is 5.32 Å². The molecule has 2 heterocycles. The van der Waals surface area contributed by atoms with Gasteiger partial charge in [-0.05, 0) is 33.3 Å². The highest BCUT2D eigenvalue weighted by molar-refractivity contribution is 7.15. The molecule has 0 aliphatic carbocycles. The van der Waals surface area contributed by atoms with Crippen molar-refractivity contribution in [3.63, 3.8) is 0 Å². The molecular weight excluding hydrogens is 338 g/mol. The molecule has 0 unspecified atom stereocenters. The van der Waals surface area contributed by atoms with Crippen molar-refractivity contribution >= 4 is 28.6 Å². The Hall–Kier alpha value is -2.05. The second-order valence-electron chi connectivity index (χ2n) is 5.67. The topological polar surface area (TPSA) is 54.9 Å². The van der Waals surface area contributed by atoms with Crippen LogP contribution in [0.5, 0.6) is 0 Å². The summed E-state index contributed by atoms with van der Waals surface area (Å²) in [4.78, 5) is 23.1. The molecule has 0 saturated heterocycles. The molecule has 3 rings (SSSR count). The van der Waals surface area contributed by atoms with E-state index in [0.29, 0.717) is 11.4 Å². The lowest BCUT2D eigenvalue weighted by atomic mass is 10.1. The third kappa shape index (κ3) is 3.39. The second kappa shape index (κ2) is 6.83. The van der Waals surface area contributed by atoms with Crippen molar-refractivity contribution in [2.75, 3.05) is 0 Å². The number of thiazole rings is 2. The smallest absolute Gasteiger partial charge is 0.263 e. The van der Waals surface area contributed by atoms with Gasteiger partial charge in [0.1, 0.15) is 9.88 Å². The van der Waals surface area contributed by atoms with Gasteiger partial charge in [-0.25, -0.2) is 9.97 Å². The van der Waals surface area contributed by atoms with Gasteiger partial charge in [-0.2, -0.15) is 0 Å². The normalized spacial score (nSPS) is 10.8. The lowest BCUT2D eigenvalue weighted by Gasteiger charge is -2.02. The molecule has 6 heteroatoms. The van der Waals surface area contributed by atoms with Gasteiger partial charge in [-0.3, -0.25) is 4.79 Å². The summed E-state index contributed by atoms with van der Waals surface area (Å²) in [6.07, 6.45) is 0. The van der Waals surface area contributed by atoms with E-state index >= 15 is 0 Å². The maximum atomic E-state index is 12.3. The summed E-state index contributed by atoms with van der Waals surface area (Å²) in [6, 6.07) is 8.22. The zero-order valence-corrected chi connectivity index (χ0v) is 15.8. The highest BCUT2D eigenvalue weighted by Gasteiger charge is 2.16. The molecule has 1 aromatic carbocycles. The summed E-state index contributed by atoms with van der Waals surface area (Å²) in [5.74, 6) is -0.0664. The van der Waals surface area contributed by atoms with Crippen molar-refractivity contribution in [3.8, 4) is 10.6 Å². The molecule has 1 N–H and O–H groups in total. The third-order valence-electron chi connectivity index (χ3n) is 3.79. The van der Waals surface area contributed by atoms with E-state index in [1.807, 2.05) is 32.9 Å². The Morgan fingerprint density at radius 3 is 2.46 bits per heavy atom. The van der Waals surface area contributed by atoms with Gasteiger partial charge in [-0.1, -0.05) is 24.3 Å². The number of nitrogens with one attached hydrogen (secondary N) is 1. The van der Waals surface area contributed by atoms with Crippen LogP contribution in [0.2, 0.25) is 0 Å². The average Bonchev–Trinajstić information content (AvgIpc) is 3.07. The van der Waals surface area contributed by atoms with Gasteiger partial charge >= 0.3 is 0 Å². The Morgan fingerprint density at radius 2 is 1.79 bits per heavy atom. The SMILES string of the molecule is Cc1nc(C)c(C(=O)NCc2sc(-c3ccccc3C)nc2C)s1. The number of aromatic nitrogens is 2. The number of amides is 1. The van der Waals surface area contributed by atoms with Crippen LogP contribution in [-0.2, 0) is 6.54 Å². The van der Waals surface area contributed by atoms with E-state index in [4.69, 9.17) is 0 Å². The van der Waals surface area contributed by atoms with Crippen molar-refractivity contribution in [3.05, 3.63) is 56.0 Å². The van der Waals surface area contributed by atoms with Crippen LogP contribution in [0.25, 0.3) is 10.6 Å². The largest absolute Gasteiger partial charge is 0.346 e. The predicted octanol–water partition coefficient (Wildman–Crippen LogP) is 4.43. The first-order valence-electron chi connectivity index (χ1n) is 7.70. The lowest BCUT2D eigenvalue weighted by Crippen LogP contribution is -2.22. The number of aryl methyl sites for hydroxylation is 4. The maximum absolute atomic E-state index is 12.3. The zero-order chi connectivity index (χ0) is 17.3. The van der Waals surface area contributed by atoms with E-state index in [9.17, 15) is 4.79 Å². The number of carbonyl (C=O) groups excluding carboxylic acids is 1. The van der Waals surface area contributed by atoms with Crippen LogP contribution >= 0.6 is 22.7 Å². The van der Waals surface area contributed by atoms with Crippen LogP contribution < -0.4 is 5.32 Å². The number of hydrogen-bond donors (Lipinski definition) is 1. The minimum absolute atomic E-state index is 0.0664. The van der Waals surface area contributed by atoms with Crippen LogP contribution in [0, 0.1) is 27.7 Å². The van der Waals surface area contributed by atoms with Crippen molar-refractivity contribution in [1.82, 2.24) is 15.3 Å². The Bertz CT molecular complexity index is 896. The number of rotatable bonds is 4. The summed E-state index contributed by atoms with van der Waals surface area (Å²) < 4.78 is 0. The highest BCUT2D eigenvalue weighted by Crippen LogP contribution is 2.30. The Balaban J connectivity index is 1.76. The van der Waals surface area contributed by atoms with Crippen molar-refractivity contribution in [1.29, 1.82) is 0 Å². The van der Waals surface area contributed by atoms with Crippen molar-refractivity contribution in [2.24, 2.45) is 0 Å². The molecule has 2 aromatic heterocycles. The molecule has 3 aromatic rings. The molecule has 0 fully saturated rings. The van der Waals surface area contributed by atoms with Crippen molar-refractivity contribution in [2.45, 2.75) is 34.2 Å². The molecule has 0 spiro atoms. The standard InChI is InChI=1S/C18H19N3OS2/c1-10-7-5-6-8-14(10)18-21-11(2)15(24-18)9-19-17(22)16-12(3)20-13(4)23-16/h5-8H,9H2,1-4H3,(H,19,22). The van der Waals surface area contributed by atoms with E-state index in [2.05, 4.69) is 34.3 Å². The van der Waals surface area contributed by atoms with E-state index in [1.54, 1.807) is 11.3 Å². The van der Waals surface area contributed by atoms with Crippen LogP contribution in [-0.4, -0.2) is 15.9 Å². The summed E-state index contributed by atoms with van der Waals surface area (Å²) in [7, 11) is 0. The van der Waals surface area contributed by atoms with E-state index < -0.39 is 0 Å². The van der Waals surface area contributed by atoms with Crippen LogP contribution in [0.15, 0.2) is 24.3 Å². The van der Waals surface area contributed by atoms with Crippen LogP contribution in [0.1, 0.15) is 36.5 Å². The first-order valence-corrected chi connectivity index (χ1v) is 9.33. The van der Waals surface area contributed by atoms with Gasteiger partial charge in [0.2, 0.25) is 0 Å². The molecule has 0 aliphatic heterocycles. The molecular formula is C18H19N3OS2. The Labute approximate surface area is 149 Å². The minimum Gasteiger partial charge on any atom is -0.346 e. The summed E-state index contributed by atoms with van der Waals surface area (Å²) >= 11 is 3.07. The predicted molar refractivity (Wildman–Crippen MR) is 99.8 cm³/mol. The fourth-order valence-electron chi connectivity index (χ4n) is 2.50.